The van der Waals surface area contributed by atoms with Crippen LogP contribution in [0.5, 0.6) is 0 Å². The van der Waals surface area contributed by atoms with Crippen LogP contribution in [0.4, 0.5) is 4.79 Å². The maximum atomic E-state index is 12.0. The first kappa shape index (κ1) is 12.2. The lowest BCUT2D eigenvalue weighted by Gasteiger charge is -2.25. The van der Waals surface area contributed by atoms with E-state index in [0.29, 0.717) is 19.7 Å². The van der Waals surface area contributed by atoms with Crippen LogP contribution in [0, 0.1) is 0 Å². The normalized spacial score (nSPS) is 14.0. The molecular weight excluding hydrogens is 260 g/mol. The number of hydrogen-bond donors (Lipinski definition) is 0. The quantitative estimate of drug-likeness (QED) is 0.845. The third kappa shape index (κ3) is 2.76. The van der Waals surface area contributed by atoms with Crippen molar-refractivity contribution < 1.29 is 9.53 Å². The van der Waals surface area contributed by atoms with Gasteiger partial charge in [-0.3, -0.25) is 0 Å². The average molecular weight is 274 g/mol. The van der Waals surface area contributed by atoms with Crippen LogP contribution < -0.4 is 0 Å². The molecule has 1 aromatic heterocycles. The molecule has 3 rings (SSSR count). The molecule has 0 saturated carbocycles. The molecule has 1 aliphatic heterocycles. The molecule has 0 aliphatic carbocycles. The standard InChI is InChI=1S/C14H14N2O2S/c17-14(18-9-11-4-2-1-3-5-11)16-7-6-13-12(8-16)10-19-15-13/h1-5,10H,6-9H2. The summed E-state index contributed by atoms with van der Waals surface area (Å²) in [5, 5.41) is 2.01. The second-order valence-corrected chi connectivity index (χ2v) is 5.13. The molecule has 1 aliphatic rings. The first-order chi connectivity index (χ1) is 9.33. The largest absolute Gasteiger partial charge is 0.445 e. The van der Waals surface area contributed by atoms with Crippen molar-refractivity contribution in [1.82, 2.24) is 9.27 Å². The Hall–Kier alpha value is -1.88. The van der Waals surface area contributed by atoms with E-state index >= 15 is 0 Å². The van der Waals surface area contributed by atoms with Gasteiger partial charge in [0.05, 0.1) is 12.2 Å². The van der Waals surface area contributed by atoms with Gasteiger partial charge >= 0.3 is 6.09 Å². The Morgan fingerprint density at radius 3 is 3.05 bits per heavy atom. The summed E-state index contributed by atoms with van der Waals surface area (Å²) in [5.41, 5.74) is 3.27. The summed E-state index contributed by atoms with van der Waals surface area (Å²) >= 11 is 1.45. The van der Waals surface area contributed by atoms with Gasteiger partial charge in [-0.25, -0.2) is 4.79 Å². The predicted octanol–water partition coefficient (Wildman–Crippen LogP) is 2.84. The number of hydrogen-bond acceptors (Lipinski definition) is 4. The number of benzene rings is 1. The van der Waals surface area contributed by atoms with Gasteiger partial charge in [0, 0.05) is 23.9 Å². The minimum Gasteiger partial charge on any atom is -0.445 e. The number of carbonyl (C=O) groups excluding carboxylic acids is 1. The van der Waals surface area contributed by atoms with Crippen LogP contribution in [-0.4, -0.2) is 21.9 Å². The van der Waals surface area contributed by atoms with E-state index in [1.54, 1.807) is 4.90 Å². The highest BCUT2D eigenvalue weighted by Crippen LogP contribution is 2.20. The van der Waals surface area contributed by atoms with Crippen LogP contribution in [-0.2, 0) is 24.3 Å². The molecule has 0 radical (unpaired) electrons. The third-order valence-electron chi connectivity index (χ3n) is 3.17. The molecule has 2 aromatic rings. The van der Waals surface area contributed by atoms with Crippen molar-refractivity contribution >= 4 is 17.6 Å². The first-order valence-electron chi connectivity index (χ1n) is 6.20. The Morgan fingerprint density at radius 2 is 2.21 bits per heavy atom. The molecule has 2 heterocycles. The van der Waals surface area contributed by atoms with Gasteiger partial charge in [-0.1, -0.05) is 30.3 Å². The number of rotatable bonds is 2. The molecule has 4 nitrogen and oxygen atoms in total. The molecule has 0 saturated heterocycles. The molecule has 1 amide bonds. The number of fused-ring (bicyclic) bond motifs is 1. The van der Waals surface area contributed by atoms with Crippen LogP contribution >= 0.6 is 11.5 Å². The van der Waals surface area contributed by atoms with Gasteiger partial charge in [-0.05, 0) is 17.1 Å². The van der Waals surface area contributed by atoms with Crippen molar-refractivity contribution in [2.45, 2.75) is 19.6 Å². The van der Waals surface area contributed by atoms with Crippen LogP contribution in [0.15, 0.2) is 35.7 Å². The fraction of sp³-hybridized carbons (Fsp3) is 0.286. The van der Waals surface area contributed by atoms with E-state index in [0.717, 1.165) is 23.2 Å². The highest BCUT2D eigenvalue weighted by molar-refractivity contribution is 7.03. The maximum Gasteiger partial charge on any atom is 0.410 e. The van der Waals surface area contributed by atoms with Crippen molar-refractivity contribution in [3.63, 3.8) is 0 Å². The lowest BCUT2D eigenvalue weighted by Crippen LogP contribution is -2.36. The van der Waals surface area contributed by atoms with E-state index < -0.39 is 0 Å². The van der Waals surface area contributed by atoms with E-state index in [1.807, 2.05) is 35.7 Å². The van der Waals surface area contributed by atoms with E-state index in [4.69, 9.17) is 4.74 Å². The minimum atomic E-state index is -0.249. The van der Waals surface area contributed by atoms with Gasteiger partial charge < -0.3 is 9.64 Å². The summed E-state index contributed by atoms with van der Waals surface area (Å²) in [6, 6.07) is 9.72. The molecule has 19 heavy (non-hydrogen) atoms. The smallest absolute Gasteiger partial charge is 0.410 e. The zero-order valence-electron chi connectivity index (χ0n) is 10.4. The van der Waals surface area contributed by atoms with E-state index in [-0.39, 0.29) is 6.09 Å². The van der Waals surface area contributed by atoms with Crippen molar-refractivity contribution in [2.24, 2.45) is 0 Å². The van der Waals surface area contributed by atoms with Crippen LogP contribution in [0.2, 0.25) is 0 Å². The van der Waals surface area contributed by atoms with Crippen molar-refractivity contribution in [3.8, 4) is 0 Å². The lowest BCUT2D eigenvalue weighted by atomic mass is 10.1. The van der Waals surface area contributed by atoms with E-state index in [1.165, 1.54) is 11.5 Å². The van der Waals surface area contributed by atoms with Gasteiger partial charge in [0.1, 0.15) is 6.61 Å². The van der Waals surface area contributed by atoms with Crippen molar-refractivity contribution in [3.05, 3.63) is 52.5 Å². The molecule has 0 bridgehead atoms. The van der Waals surface area contributed by atoms with Crippen LogP contribution in [0.3, 0.4) is 0 Å². The SMILES string of the molecule is O=C(OCc1ccccc1)N1CCc2nscc2C1. The van der Waals surface area contributed by atoms with Crippen molar-refractivity contribution in [1.29, 1.82) is 0 Å². The second kappa shape index (κ2) is 5.40. The number of ether oxygens (including phenoxy) is 1. The molecule has 0 fully saturated rings. The second-order valence-electron chi connectivity index (χ2n) is 4.50. The predicted molar refractivity (Wildman–Crippen MR) is 72.9 cm³/mol. The molecule has 5 heteroatoms. The Balaban J connectivity index is 1.57. The molecule has 0 unspecified atom stereocenters. The maximum absolute atomic E-state index is 12.0. The topological polar surface area (TPSA) is 42.4 Å². The lowest BCUT2D eigenvalue weighted by molar-refractivity contribution is 0.0918. The molecular formula is C14H14N2O2S. The number of nitrogens with zero attached hydrogens (tertiary/aromatic N) is 2. The third-order valence-corrected chi connectivity index (χ3v) is 3.89. The molecule has 0 atom stereocenters. The fourth-order valence-corrected chi connectivity index (χ4v) is 2.83. The Kier molecular flexibility index (Phi) is 3.46. The van der Waals surface area contributed by atoms with E-state index in [9.17, 15) is 4.79 Å². The summed E-state index contributed by atoms with van der Waals surface area (Å²) in [4.78, 5) is 13.7. The summed E-state index contributed by atoms with van der Waals surface area (Å²) in [6.45, 7) is 1.62. The van der Waals surface area contributed by atoms with Gasteiger partial charge in [0.15, 0.2) is 0 Å². The Bertz CT molecular complexity index is 568. The minimum absolute atomic E-state index is 0.249. The fourth-order valence-electron chi connectivity index (χ4n) is 2.11. The van der Waals surface area contributed by atoms with E-state index in [2.05, 4.69) is 4.37 Å². The van der Waals surface area contributed by atoms with Gasteiger partial charge in [0.25, 0.3) is 0 Å². The molecule has 0 spiro atoms. The molecule has 1 aromatic carbocycles. The number of aromatic nitrogens is 1. The monoisotopic (exact) mass is 274 g/mol. The highest BCUT2D eigenvalue weighted by atomic mass is 32.1. The molecule has 0 N–H and O–H groups in total. The Labute approximate surface area is 115 Å². The molecule has 98 valence electrons. The summed E-state index contributed by atoms with van der Waals surface area (Å²) < 4.78 is 9.64. The van der Waals surface area contributed by atoms with Crippen LogP contribution in [0.1, 0.15) is 16.8 Å². The summed E-state index contributed by atoms with van der Waals surface area (Å²) in [5.74, 6) is 0. The van der Waals surface area contributed by atoms with Gasteiger partial charge in [0.2, 0.25) is 0 Å². The van der Waals surface area contributed by atoms with Crippen molar-refractivity contribution in [2.75, 3.05) is 6.54 Å². The van der Waals surface area contributed by atoms with Crippen LogP contribution in [0.25, 0.3) is 0 Å². The number of amides is 1. The van der Waals surface area contributed by atoms with Gasteiger partial charge in [-0.2, -0.15) is 4.37 Å². The zero-order valence-corrected chi connectivity index (χ0v) is 11.2. The Morgan fingerprint density at radius 1 is 1.37 bits per heavy atom. The average Bonchev–Trinajstić information content (AvgIpc) is 2.93. The number of carbonyl (C=O) groups is 1. The zero-order chi connectivity index (χ0) is 13.1. The first-order valence-corrected chi connectivity index (χ1v) is 7.04. The summed E-state index contributed by atoms with van der Waals surface area (Å²) in [7, 11) is 0. The van der Waals surface area contributed by atoms with Gasteiger partial charge in [-0.15, -0.1) is 0 Å². The summed E-state index contributed by atoms with van der Waals surface area (Å²) in [6.07, 6.45) is 0.569. The highest BCUT2D eigenvalue weighted by Gasteiger charge is 2.23.